The zero-order valence-electron chi connectivity index (χ0n) is 6.04. The Bertz CT molecular complexity index is 305. The van der Waals surface area contributed by atoms with Crippen molar-refractivity contribution in [3.63, 3.8) is 0 Å². The van der Waals surface area contributed by atoms with Crippen LogP contribution in [0.3, 0.4) is 0 Å². The fourth-order valence-electron chi connectivity index (χ4n) is 0.595. The van der Waals surface area contributed by atoms with Gasteiger partial charge in [-0.2, -0.15) is 0 Å². The second-order valence-corrected chi connectivity index (χ2v) is 2.36. The van der Waals surface area contributed by atoms with Crippen LogP contribution >= 0.6 is 22.6 Å². The predicted octanol–water partition coefficient (Wildman–Crippen LogP) is 1.83. The molecule has 4 heteroatoms. The zero-order valence-corrected chi connectivity index (χ0v) is 8.20. The van der Waals surface area contributed by atoms with Crippen LogP contribution in [0.25, 0.3) is 0 Å². The summed E-state index contributed by atoms with van der Waals surface area (Å²) >= 11 is 1.87. The first-order valence-electron chi connectivity index (χ1n) is 3.13. The van der Waals surface area contributed by atoms with Gasteiger partial charge in [-0.1, -0.05) is 5.92 Å². The van der Waals surface area contributed by atoms with Gasteiger partial charge in [-0.25, -0.2) is 4.79 Å². The van der Waals surface area contributed by atoms with Gasteiger partial charge in [0.15, 0.2) is 6.61 Å². The summed E-state index contributed by atoms with van der Waals surface area (Å²) < 4.78 is 12.1. The Hall–Kier alpha value is -0.960. The number of esters is 1. The topological polar surface area (TPSA) is 39.4 Å². The van der Waals surface area contributed by atoms with E-state index in [1.807, 2.05) is 22.6 Å². The number of carbonyl (C=O) groups is 1. The Morgan fingerprint density at radius 3 is 3.17 bits per heavy atom. The lowest BCUT2D eigenvalue weighted by atomic mass is 10.5. The van der Waals surface area contributed by atoms with Crippen LogP contribution in [0.1, 0.15) is 10.6 Å². The third kappa shape index (κ3) is 2.58. The van der Waals surface area contributed by atoms with Crippen LogP contribution in [0.15, 0.2) is 22.8 Å². The molecule has 1 rings (SSSR count). The van der Waals surface area contributed by atoms with Crippen molar-refractivity contribution in [2.24, 2.45) is 0 Å². The van der Waals surface area contributed by atoms with E-state index in [1.54, 1.807) is 12.1 Å². The highest BCUT2D eigenvalue weighted by molar-refractivity contribution is 14.1. The molecule has 0 unspecified atom stereocenters. The summed E-state index contributed by atoms with van der Waals surface area (Å²) in [5.41, 5.74) is 0. The van der Waals surface area contributed by atoms with Crippen molar-refractivity contribution in [3.05, 3.63) is 24.2 Å². The summed E-state index contributed by atoms with van der Waals surface area (Å²) in [4.78, 5) is 11.0. The van der Waals surface area contributed by atoms with Gasteiger partial charge in [0.25, 0.3) is 0 Å². The van der Waals surface area contributed by atoms with Crippen molar-refractivity contribution < 1.29 is 13.9 Å². The van der Waals surface area contributed by atoms with Crippen molar-refractivity contribution in [2.75, 3.05) is 6.61 Å². The predicted molar refractivity (Wildman–Crippen MR) is 50.8 cm³/mol. The van der Waals surface area contributed by atoms with Gasteiger partial charge in [0.1, 0.15) is 0 Å². The fraction of sp³-hybridized carbons (Fsp3) is 0.125. The average molecular weight is 276 g/mol. The number of rotatable bonds is 2. The van der Waals surface area contributed by atoms with Gasteiger partial charge in [0.05, 0.1) is 6.26 Å². The molecule has 0 atom stereocenters. The summed E-state index contributed by atoms with van der Waals surface area (Å²) in [6.45, 7) is 0.0997. The lowest BCUT2D eigenvalue weighted by molar-refractivity contribution is 0.0520. The summed E-state index contributed by atoms with van der Waals surface area (Å²) in [5, 5.41) is 0. The SMILES string of the molecule is O=C(OCC#CI)c1ccco1. The van der Waals surface area contributed by atoms with Crippen LogP contribution in [-0.2, 0) is 4.74 Å². The molecule has 0 spiro atoms. The van der Waals surface area contributed by atoms with Gasteiger partial charge in [0.2, 0.25) is 5.76 Å². The second kappa shape index (κ2) is 4.83. The third-order valence-corrected chi connectivity index (χ3v) is 1.45. The van der Waals surface area contributed by atoms with E-state index < -0.39 is 5.97 Å². The lowest BCUT2D eigenvalue weighted by Crippen LogP contribution is -2.03. The summed E-state index contributed by atoms with van der Waals surface area (Å²) in [6, 6.07) is 3.17. The minimum absolute atomic E-state index is 0.0997. The Morgan fingerprint density at radius 2 is 2.58 bits per heavy atom. The number of furan rings is 1. The van der Waals surface area contributed by atoms with Crippen molar-refractivity contribution in [1.29, 1.82) is 0 Å². The zero-order chi connectivity index (χ0) is 8.81. The fourth-order valence-corrected chi connectivity index (χ4v) is 0.750. The molecule has 3 nitrogen and oxygen atoms in total. The molecule has 0 amide bonds. The van der Waals surface area contributed by atoms with Gasteiger partial charge in [-0.3, -0.25) is 0 Å². The molecule has 0 N–H and O–H groups in total. The molecular formula is C8H5IO3. The van der Waals surface area contributed by atoms with E-state index in [2.05, 4.69) is 9.85 Å². The Kier molecular flexibility index (Phi) is 3.67. The van der Waals surface area contributed by atoms with Crippen molar-refractivity contribution >= 4 is 28.6 Å². The molecule has 0 saturated carbocycles. The van der Waals surface area contributed by atoms with Gasteiger partial charge in [0, 0.05) is 22.6 Å². The molecule has 0 aliphatic carbocycles. The van der Waals surface area contributed by atoms with E-state index in [-0.39, 0.29) is 12.4 Å². The Morgan fingerprint density at radius 1 is 1.75 bits per heavy atom. The average Bonchev–Trinajstić information content (AvgIpc) is 2.56. The van der Waals surface area contributed by atoms with Crippen LogP contribution in [0, 0.1) is 9.85 Å². The minimum Gasteiger partial charge on any atom is -0.457 e. The van der Waals surface area contributed by atoms with E-state index >= 15 is 0 Å². The molecule has 1 aromatic rings. The quantitative estimate of drug-likeness (QED) is 0.470. The second-order valence-electron chi connectivity index (χ2n) is 1.82. The number of hydrogen-bond donors (Lipinski definition) is 0. The molecule has 12 heavy (non-hydrogen) atoms. The minimum atomic E-state index is -0.487. The van der Waals surface area contributed by atoms with Gasteiger partial charge in [-0.15, -0.1) is 0 Å². The smallest absolute Gasteiger partial charge is 0.375 e. The maximum Gasteiger partial charge on any atom is 0.375 e. The normalized spacial score (nSPS) is 8.42. The molecule has 62 valence electrons. The monoisotopic (exact) mass is 276 g/mol. The summed E-state index contributed by atoms with van der Waals surface area (Å²) in [6.07, 6.45) is 1.42. The Balaban J connectivity index is 2.43. The number of halogens is 1. The summed E-state index contributed by atoms with van der Waals surface area (Å²) in [7, 11) is 0. The number of ether oxygens (including phenoxy) is 1. The summed E-state index contributed by atoms with van der Waals surface area (Å²) in [5.74, 6) is 2.31. The van der Waals surface area contributed by atoms with Crippen molar-refractivity contribution in [3.8, 4) is 9.85 Å². The molecule has 0 saturated heterocycles. The van der Waals surface area contributed by atoms with E-state index in [4.69, 9.17) is 9.15 Å². The van der Waals surface area contributed by atoms with Gasteiger partial charge < -0.3 is 9.15 Å². The standard InChI is InChI=1S/C8H5IO3/c9-4-2-6-12-8(10)7-3-1-5-11-7/h1,3,5H,6H2. The molecule has 1 heterocycles. The number of carbonyl (C=O) groups excluding carboxylic acids is 1. The van der Waals surface area contributed by atoms with Gasteiger partial charge >= 0.3 is 5.97 Å². The largest absolute Gasteiger partial charge is 0.457 e. The molecule has 0 aromatic carbocycles. The molecule has 0 aliphatic heterocycles. The van der Waals surface area contributed by atoms with E-state index in [1.165, 1.54) is 6.26 Å². The van der Waals surface area contributed by atoms with Crippen molar-refractivity contribution in [2.45, 2.75) is 0 Å². The van der Waals surface area contributed by atoms with Crippen LogP contribution in [0.2, 0.25) is 0 Å². The molecule has 0 bridgehead atoms. The lowest BCUT2D eigenvalue weighted by Gasteiger charge is -1.94. The third-order valence-electron chi connectivity index (χ3n) is 1.06. The molecular weight excluding hydrogens is 271 g/mol. The molecule has 0 radical (unpaired) electrons. The first-order chi connectivity index (χ1) is 5.84. The highest BCUT2D eigenvalue weighted by Crippen LogP contribution is 2.01. The molecule has 0 fully saturated rings. The van der Waals surface area contributed by atoms with Crippen LogP contribution in [-0.4, -0.2) is 12.6 Å². The van der Waals surface area contributed by atoms with E-state index in [0.29, 0.717) is 0 Å². The van der Waals surface area contributed by atoms with E-state index in [0.717, 1.165) is 0 Å². The van der Waals surface area contributed by atoms with Crippen LogP contribution in [0.5, 0.6) is 0 Å². The van der Waals surface area contributed by atoms with Crippen molar-refractivity contribution in [1.82, 2.24) is 0 Å². The van der Waals surface area contributed by atoms with Crippen LogP contribution < -0.4 is 0 Å². The van der Waals surface area contributed by atoms with E-state index in [9.17, 15) is 4.79 Å². The molecule has 0 aliphatic rings. The van der Waals surface area contributed by atoms with Crippen LogP contribution in [0.4, 0.5) is 0 Å². The first-order valence-corrected chi connectivity index (χ1v) is 4.21. The maximum absolute atomic E-state index is 11.0. The molecule has 1 aromatic heterocycles. The first kappa shape index (κ1) is 9.13. The highest BCUT2D eigenvalue weighted by Gasteiger charge is 2.07. The Labute approximate surface area is 83.2 Å². The number of hydrogen-bond acceptors (Lipinski definition) is 3. The maximum atomic E-state index is 11.0. The van der Waals surface area contributed by atoms with Gasteiger partial charge in [-0.05, 0) is 16.1 Å². The highest BCUT2D eigenvalue weighted by atomic mass is 127.